The third-order valence-electron chi connectivity index (χ3n) is 10.8. The Hall–Kier alpha value is -3.76. The average Bonchev–Trinajstić information content (AvgIpc) is 3.66. The summed E-state index contributed by atoms with van der Waals surface area (Å²) in [6, 6.07) is 12.9. The summed E-state index contributed by atoms with van der Waals surface area (Å²) in [6.07, 6.45) is 4.73. The van der Waals surface area contributed by atoms with E-state index >= 15 is 0 Å². The maximum atomic E-state index is 14.5. The number of pyridine rings is 1. The molecule has 2 bridgehead atoms. The molecular weight excluding hydrogens is 559 g/mol. The molecule has 2 aromatic carbocycles. The zero-order valence-corrected chi connectivity index (χ0v) is 24.9. The van der Waals surface area contributed by atoms with E-state index in [1.807, 2.05) is 18.2 Å². The molecule has 4 fully saturated rings. The number of aromatic hydroxyl groups is 1. The SMILES string of the molecule is CCc1cccc2cc(O)cc(-c3cc4nc(OC[C@@]56CCCN5C[C@H](F)C6)nc5c4c(n3)OC[C@H]3[C@@H]4CC[C@H](CN53)N4)c12. The number of nitrogens with one attached hydrogen (secondary N) is 1. The standard InChI is InChI=1S/C34H37FN6O3/c1-2-19-5-3-6-20-11-23(42)12-24(29(19)20)26-13-27-30-31(41-16-22-7-8-25(36-22)28(41)17-43-32(30)37-26)39-33(38-27)44-18-34-9-4-10-40(34)15-21(35)14-34/h3,5-6,11-13,21-22,25,28,36,42H,2,4,7-10,14-18H2,1H3/t21-,22-,25+,28+,34+/m1/s1. The van der Waals surface area contributed by atoms with Crippen molar-refractivity contribution in [3.05, 3.63) is 42.0 Å². The van der Waals surface area contributed by atoms with Gasteiger partial charge in [0.25, 0.3) is 0 Å². The van der Waals surface area contributed by atoms with Crippen molar-refractivity contribution in [3.8, 4) is 28.9 Å². The molecule has 0 spiro atoms. The molecule has 0 aliphatic carbocycles. The van der Waals surface area contributed by atoms with Gasteiger partial charge >= 0.3 is 6.01 Å². The molecule has 0 unspecified atom stereocenters. The van der Waals surface area contributed by atoms with Crippen LogP contribution >= 0.6 is 0 Å². The number of piperazine rings is 1. The first-order chi connectivity index (χ1) is 21.5. The first-order valence-electron chi connectivity index (χ1n) is 16.1. The van der Waals surface area contributed by atoms with Crippen molar-refractivity contribution in [2.45, 2.75) is 75.3 Å². The fourth-order valence-corrected chi connectivity index (χ4v) is 8.73. The number of benzene rings is 2. The molecule has 7 heterocycles. The summed E-state index contributed by atoms with van der Waals surface area (Å²) in [5.41, 5.74) is 3.10. The van der Waals surface area contributed by atoms with Gasteiger partial charge in [0.2, 0.25) is 5.88 Å². The normalized spacial score (nSPS) is 29.1. The maximum Gasteiger partial charge on any atom is 0.319 e. The number of phenolic OH excluding ortho intramolecular Hbond substituents is 1. The number of alkyl halides is 1. The molecule has 5 aliphatic rings. The molecule has 10 heteroatoms. The highest BCUT2D eigenvalue weighted by Crippen LogP contribution is 2.44. The predicted octanol–water partition coefficient (Wildman–Crippen LogP) is 4.77. The number of halogens is 1. The number of hydrogen-bond donors (Lipinski definition) is 2. The number of hydrogen-bond acceptors (Lipinski definition) is 9. The number of nitrogens with zero attached hydrogens (tertiary/aromatic N) is 5. The third kappa shape index (κ3) is 4.06. The number of rotatable bonds is 5. The van der Waals surface area contributed by atoms with Gasteiger partial charge in [-0.1, -0.05) is 25.1 Å². The fourth-order valence-electron chi connectivity index (χ4n) is 8.73. The number of aryl methyl sites for hydroxylation is 1. The Balaban J connectivity index is 1.21. The Morgan fingerprint density at radius 3 is 2.98 bits per heavy atom. The number of phenols is 1. The second-order valence-corrected chi connectivity index (χ2v) is 13.3. The van der Waals surface area contributed by atoms with Crippen LogP contribution in [0, 0.1) is 0 Å². The minimum absolute atomic E-state index is 0.108. The predicted molar refractivity (Wildman–Crippen MR) is 166 cm³/mol. The summed E-state index contributed by atoms with van der Waals surface area (Å²) in [5, 5.41) is 17.3. The molecule has 5 atom stereocenters. The minimum atomic E-state index is -0.823. The van der Waals surface area contributed by atoms with E-state index in [9.17, 15) is 9.50 Å². The lowest BCUT2D eigenvalue weighted by Gasteiger charge is -2.40. The summed E-state index contributed by atoms with van der Waals surface area (Å²) < 4.78 is 27.5. The smallest absolute Gasteiger partial charge is 0.319 e. The lowest BCUT2D eigenvalue weighted by atomic mass is 9.95. The van der Waals surface area contributed by atoms with Crippen molar-refractivity contribution in [1.29, 1.82) is 0 Å². The molecule has 0 amide bonds. The average molecular weight is 597 g/mol. The van der Waals surface area contributed by atoms with Crippen LogP contribution in [-0.2, 0) is 6.42 Å². The fraction of sp³-hybridized carbons (Fsp3) is 0.500. The number of fused-ring (bicyclic) bond motifs is 7. The number of anilines is 1. The summed E-state index contributed by atoms with van der Waals surface area (Å²) in [7, 11) is 0. The maximum absolute atomic E-state index is 14.5. The zero-order chi connectivity index (χ0) is 29.6. The van der Waals surface area contributed by atoms with Crippen LogP contribution in [0.5, 0.6) is 17.6 Å². The van der Waals surface area contributed by atoms with E-state index in [-0.39, 0.29) is 17.3 Å². The molecule has 5 aliphatic heterocycles. The van der Waals surface area contributed by atoms with Crippen LogP contribution in [0.4, 0.5) is 10.2 Å². The van der Waals surface area contributed by atoms with Crippen LogP contribution in [-0.4, -0.2) is 87.6 Å². The Kier molecular flexibility index (Phi) is 5.97. The Morgan fingerprint density at radius 1 is 1.14 bits per heavy atom. The van der Waals surface area contributed by atoms with Gasteiger partial charge in [0.05, 0.1) is 22.8 Å². The second-order valence-electron chi connectivity index (χ2n) is 13.3. The molecule has 9 rings (SSSR count). The number of aromatic nitrogens is 3. The third-order valence-corrected chi connectivity index (χ3v) is 10.8. The summed E-state index contributed by atoms with van der Waals surface area (Å²) in [6.45, 7) is 5.21. The first kappa shape index (κ1) is 26.6. The molecule has 0 saturated carbocycles. The summed E-state index contributed by atoms with van der Waals surface area (Å²) in [5.74, 6) is 1.49. The molecule has 4 saturated heterocycles. The van der Waals surface area contributed by atoms with Gasteiger partial charge in [0.15, 0.2) is 0 Å². The monoisotopic (exact) mass is 596 g/mol. The van der Waals surface area contributed by atoms with Crippen molar-refractivity contribution in [2.75, 3.05) is 37.7 Å². The molecule has 228 valence electrons. The molecule has 2 aromatic heterocycles. The van der Waals surface area contributed by atoms with Gasteiger partial charge in [0.1, 0.15) is 36.3 Å². The Morgan fingerprint density at radius 2 is 2.07 bits per heavy atom. The highest BCUT2D eigenvalue weighted by atomic mass is 19.1. The van der Waals surface area contributed by atoms with Crippen molar-refractivity contribution < 1.29 is 19.0 Å². The van der Waals surface area contributed by atoms with Gasteiger partial charge in [0, 0.05) is 37.2 Å². The molecule has 9 nitrogen and oxygen atoms in total. The highest BCUT2D eigenvalue weighted by Gasteiger charge is 2.50. The van der Waals surface area contributed by atoms with Crippen LogP contribution in [0.1, 0.15) is 44.6 Å². The van der Waals surface area contributed by atoms with E-state index in [0.29, 0.717) is 61.4 Å². The summed E-state index contributed by atoms with van der Waals surface area (Å²) in [4.78, 5) is 19.7. The lowest BCUT2D eigenvalue weighted by molar-refractivity contribution is 0.107. The molecule has 0 radical (unpaired) electrons. The van der Waals surface area contributed by atoms with Crippen LogP contribution in [0.3, 0.4) is 0 Å². The van der Waals surface area contributed by atoms with Gasteiger partial charge in [-0.3, -0.25) is 4.90 Å². The van der Waals surface area contributed by atoms with Gasteiger partial charge in [-0.25, -0.2) is 9.37 Å². The van der Waals surface area contributed by atoms with Crippen LogP contribution in [0.2, 0.25) is 0 Å². The quantitative estimate of drug-likeness (QED) is 0.338. The van der Waals surface area contributed by atoms with E-state index in [1.54, 1.807) is 12.1 Å². The van der Waals surface area contributed by atoms with E-state index in [1.165, 1.54) is 5.56 Å². The van der Waals surface area contributed by atoms with E-state index < -0.39 is 6.17 Å². The van der Waals surface area contributed by atoms with E-state index in [0.717, 1.165) is 72.7 Å². The highest BCUT2D eigenvalue weighted by molar-refractivity contribution is 6.02. The van der Waals surface area contributed by atoms with Gasteiger partial charge in [-0.2, -0.15) is 9.97 Å². The lowest BCUT2D eigenvalue weighted by Crippen LogP contribution is -2.60. The molecular formula is C34H37FN6O3. The van der Waals surface area contributed by atoms with Gasteiger partial charge in [-0.05, 0) is 73.2 Å². The minimum Gasteiger partial charge on any atom is -0.508 e. The van der Waals surface area contributed by atoms with Gasteiger partial charge in [-0.15, -0.1) is 0 Å². The first-order valence-corrected chi connectivity index (χ1v) is 16.1. The van der Waals surface area contributed by atoms with Crippen LogP contribution < -0.4 is 19.7 Å². The summed E-state index contributed by atoms with van der Waals surface area (Å²) >= 11 is 0. The zero-order valence-electron chi connectivity index (χ0n) is 24.9. The molecule has 44 heavy (non-hydrogen) atoms. The van der Waals surface area contributed by atoms with Crippen molar-refractivity contribution in [2.24, 2.45) is 0 Å². The van der Waals surface area contributed by atoms with Crippen molar-refractivity contribution in [3.63, 3.8) is 0 Å². The van der Waals surface area contributed by atoms with Crippen LogP contribution in [0.25, 0.3) is 32.9 Å². The molecule has 2 N–H and O–H groups in total. The Labute approximate surface area is 255 Å². The largest absolute Gasteiger partial charge is 0.508 e. The number of ether oxygens (including phenoxy) is 2. The van der Waals surface area contributed by atoms with E-state index in [4.69, 9.17) is 24.4 Å². The molecule has 4 aromatic rings. The van der Waals surface area contributed by atoms with Crippen molar-refractivity contribution >= 4 is 27.5 Å². The second kappa shape index (κ2) is 9.87. The van der Waals surface area contributed by atoms with Gasteiger partial charge < -0.3 is 24.8 Å². The van der Waals surface area contributed by atoms with E-state index in [2.05, 4.69) is 28.1 Å². The van der Waals surface area contributed by atoms with Crippen molar-refractivity contribution in [1.82, 2.24) is 25.2 Å². The Bertz CT molecular complexity index is 1800. The topological polar surface area (TPSA) is 95.9 Å². The van der Waals surface area contributed by atoms with Crippen LogP contribution in [0.15, 0.2) is 36.4 Å².